The van der Waals surface area contributed by atoms with Crippen LogP contribution < -0.4 is 10.5 Å². The fourth-order valence-corrected chi connectivity index (χ4v) is 5.17. The molecule has 0 atom stereocenters. The fourth-order valence-electron chi connectivity index (χ4n) is 3.56. The lowest BCUT2D eigenvalue weighted by Gasteiger charge is -2.12. The van der Waals surface area contributed by atoms with Crippen LogP contribution in [0.2, 0.25) is 10.0 Å². The van der Waals surface area contributed by atoms with Gasteiger partial charge in [0.15, 0.2) is 11.5 Å². The van der Waals surface area contributed by atoms with Gasteiger partial charge in [0, 0.05) is 16.9 Å². The number of nitrogens with two attached hydrogens (primary N) is 1. The van der Waals surface area contributed by atoms with Crippen LogP contribution in [0.5, 0.6) is 5.75 Å². The Kier molecular flexibility index (Phi) is 7.02. The lowest BCUT2D eigenvalue weighted by atomic mass is 10.0. The molecule has 174 valence electrons. The van der Waals surface area contributed by atoms with Gasteiger partial charge >= 0.3 is 6.09 Å². The highest BCUT2D eigenvalue weighted by molar-refractivity contribution is 7.15. The number of ketones is 1. The lowest BCUT2D eigenvalue weighted by molar-refractivity contribution is 0.103. The molecule has 0 spiro atoms. The minimum Gasteiger partial charge on any atom is -0.409 e. The summed E-state index contributed by atoms with van der Waals surface area (Å²) < 4.78 is 6.83. The van der Waals surface area contributed by atoms with Gasteiger partial charge in [0.2, 0.25) is 0 Å². The van der Waals surface area contributed by atoms with Gasteiger partial charge in [-0.1, -0.05) is 54.4 Å². The number of amides is 1. The molecular formula is C24H20Cl2N4O3S. The summed E-state index contributed by atoms with van der Waals surface area (Å²) in [4.78, 5) is 25.7. The Balaban J connectivity index is 1.79. The Morgan fingerprint density at radius 2 is 1.85 bits per heavy atom. The van der Waals surface area contributed by atoms with Crippen LogP contribution in [0.25, 0.3) is 5.00 Å². The van der Waals surface area contributed by atoms with Gasteiger partial charge in [-0.15, -0.1) is 21.5 Å². The number of rotatable bonds is 7. The molecule has 2 heterocycles. The van der Waals surface area contributed by atoms with E-state index in [1.165, 1.54) is 11.3 Å². The number of thiophene rings is 1. The molecule has 0 bridgehead atoms. The molecule has 0 aliphatic rings. The standard InChI is InChI=1S/C24H20Cl2N4O3S/c1-3-15-12-17(22(31)16-8-4-5-9-18(16)25)23(34-15)30-13(2)28-29-20(30)11-14-7-6-10-19(21(14)26)33-24(27)32/h4-10,12H,3,11H2,1-2H3,(H2,27,32). The Labute approximate surface area is 210 Å². The zero-order valence-corrected chi connectivity index (χ0v) is 20.7. The average Bonchev–Trinajstić information content (AvgIpc) is 3.39. The number of aromatic nitrogens is 3. The van der Waals surface area contributed by atoms with Crippen molar-refractivity contribution in [2.45, 2.75) is 26.7 Å². The van der Waals surface area contributed by atoms with Crippen molar-refractivity contribution < 1.29 is 14.3 Å². The second kappa shape index (κ2) is 9.97. The maximum absolute atomic E-state index is 13.5. The molecule has 4 rings (SSSR count). The first-order valence-electron chi connectivity index (χ1n) is 10.4. The van der Waals surface area contributed by atoms with E-state index in [1.54, 1.807) is 42.5 Å². The second-order valence-corrected chi connectivity index (χ2v) is 9.32. The molecule has 0 unspecified atom stereocenters. The van der Waals surface area contributed by atoms with Crippen LogP contribution in [0.15, 0.2) is 48.5 Å². The van der Waals surface area contributed by atoms with E-state index in [4.69, 9.17) is 33.7 Å². The number of hydrogen-bond acceptors (Lipinski definition) is 6. The minimum atomic E-state index is -0.952. The number of halogens is 2. The molecule has 2 N–H and O–H groups in total. The second-order valence-electron chi connectivity index (χ2n) is 7.42. The molecule has 0 aliphatic carbocycles. The van der Waals surface area contributed by atoms with Crippen LogP contribution in [-0.4, -0.2) is 26.6 Å². The maximum atomic E-state index is 13.5. The van der Waals surface area contributed by atoms with Gasteiger partial charge in [0.05, 0.1) is 15.6 Å². The molecule has 7 nitrogen and oxygen atoms in total. The smallest absolute Gasteiger partial charge is 0.409 e. The molecule has 0 radical (unpaired) electrons. The molecule has 0 fully saturated rings. The molecule has 10 heteroatoms. The van der Waals surface area contributed by atoms with Crippen molar-refractivity contribution in [3.05, 3.63) is 91.8 Å². The summed E-state index contributed by atoms with van der Waals surface area (Å²) in [5.41, 5.74) is 6.75. The average molecular weight is 515 g/mol. The number of carbonyl (C=O) groups excluding carboxylic acids is 2. The summed E-state index contributed by atoms with van der Waals surface area (Å²) in [5.74, 6) is 1.18. The summed E-state index contributed by atoms with van der Waals surface area (Å²) in [5, 5.41) is 9.94. The summed E-state index contributed by atoms with van der Waals surface area (Å²) in [6.45, 7) is 3.85. The van der Waals surface area contributed by atoms with Crippen molar-refractivity contribution in [3.8, 4) is 10.8 Å². The number of benzene rings is 2. The first-order valence-corrected chi connectivity index (χ1v) is 11.9. The van der Waals surface area contributed by atoms with Crippen molar-refractivity contribution in [1.82, 2.24) is 14.8 Å². The molecule has 0 saturated carbocycles. The van der Waals surface area contributed by atoms with E-state index in [2.05, 4.69) is 10.2 Å². The van der Waals surface area contributed by atoms with E-state index >= 15 is 0 Å². The van der Waals surface area contributed by atoms with E-state index in [-0.39, 0.29) is 23.0 Å². The maximum Gasteiger partial charge on any atom is 0.410 e. The van der Waals surface area contributed by atoms with E-state index in [0.717, 1.165) is 11.3 Å². The predicted octanol–water partition coefficient (Wildman–Crippen LogP) is 5.79. The Morgan fingerprint density at radius 3 is 2.56 bits per heavy atom. The van der Waals surface area contributed by atoms with Crippen LogP contribution in [-0.2, 0) is 12.8 Å². The third-order valence-electron chi connectivity index (χ3n) is 5.17. The summed E-state index contributed by atoms with van der Waals surface area (Å²) in [7, 11) is 0. The molecule has 2 aromatic carbocycles. The number of nitrogens with zero attached hydrogens (tertiary/aromatic N) is 3. The SMILES string of the molecule is CCc1cc(C(=O)c2ccccc2Cl)c(-n2c(C)nnc2Cc2cccc(OC(N)=O)c2Cl)s1. The molecule has 34 heavy (non-hydrogen) atoms. The van der Waals surface area contributed by atoms with Crippen molar-refractivity contribution in [2.24, 2.45) is 5.73 Å². The van der Waals surface area contributed by atoms with Crippen LogP contribution >= 0.6 is 34.5 Å². The molecule has 0 saturated heterocycles. The Bertz CT molecular complexity index is 1400. The normalized spacial score (nSPS) is 10.9. The van der Waals surface area contributed by atoms with Gasteiger partial charge in [0.25, 0.3) is 0 Å². The van der Waals surface area contributed by atoms with E-state index in [1.807, 2.05) is 24.5 Å². The van der Waals surface area contributed by atoms with Crippen molar-refractivity contribution in [3.63, 3.8) is 0 Å². The van der Waals surface area contributed by atoms with Gasteiger partial charge < -0.3 is 10.5 Å². The number of aryl methyl sites for hydroxylation is 2. The van der Waals surface area contributed by atoms with E-state index < -0.39 is 6.09 Å². The minimum absolute atomic E-state index is 0.161. The van der Waals surface area contributed by atoms with Crippen LogP contribution in [0.3, 0.4) is 0 Å². The summed E-state index contributed by atoms with van der Waals surface area (Å²) >= 11 is 14.3. The van der Waals surface area contributed by atoms with Gasteiger partial charge in [0.1, 0.15) is 16.6 Å². The number of carbonyl (C=O) groups is 2. The predicted molar refractivity (Wildman–Crippen MR) is 133 cm³/mol. The first kappa shape index (κ1) is 23.9. The van der Waals surface area contributed by atoms with Crippen LogP contribution in [0.4, 0.5) is 4.79 Å². The number of ether oxygens (including phenoxy) is 1. The monoisotopic (exact) mass is 514 g/mol. The van der Waals surface area contributed by atoms with E-state index in [9.17, 15) is 9.59 Å². The lowest BCUT2D eigenvalue weighted by Crippen LogP contribution is -2.16. The number of primary amides is 1. The molecule has 4 aromatic rings. The van der Waals surface area contributed by atoms with Gasteiger partial charge in [-0.05, 0) is 43.2 Å². The van der Waals surface area contributed by atoms with E-state index in [0.29, 0.717) is 38.4 Å². The van der Waals surface area contributed by atoms with Crippen molar-refractivity contribution in [1.29, 1.82) is 0 Å². The van der Waals surface area contributed by atoms with Crippen LogP contribution in [0.1, 0.15) is 44.9 Å². The highest BCUT2D eigenvalue weighted by atomic mass is 35.5. The third-order valence-corrected chi connectivity index (χ3v) is 7.20. The Hall–Kier alpha value is -3.20. The zero-order chi connectivity index (χ0) is 24.4. The quantitative estimate of drug-likeness (QED) is 0.314. The summed E-state index contributed by atoms with van der Waals surface area (Å²) in [6, 6.07) is 13.9. The highest BCUT2D eigenvalue weighted by Crippen LogP contribution is 2.34. The summed E-state index contributed by atoms with van der Waals surface area (Å²) in [6.07, 6.45) is 0.100. The molecular weight excluding hydrogens is 495 g/mol. The number of hydrogen-bond donors (Lipinski definition) is 1. The van der Waals surface area contributed by atoms with Gasteiger partial charge in [-0.2, -0.15) is 0 Å². The fraction of sp³-hybridized carbons (Fsp3) is 0.167. The molecule has 2 aromatic heterocycles. The largest absolute Gasteiger partial charge is 0.410 e. The first-order chi connectivity index (χ1) is 16.3. The molecule has 1 amide bonds. The Morgan fingerprint density at radius 1 is 1.09 bits per heavy atom. The van der Waals surface area contributed by atoms with Gasteiger partial charge in [-0.25, -0.2) is 4.79 Å². The topological polar surface area (TPSA) is 100 Å². The molecule has 0 aliphatic heterocycles. The third kappa shape index (κ3) is 4.70. The van der Waals surface area contributed by atoms with Crippen molar-refractivity contribution >= 4 is 46.4 Å². The highest BCUT2D eigenvalue weighted by Gasteiger charge is 2.24. The van der Waals surface area contributed by atoms with Crippen LogP contribution in [0, 0.1) is 6.92 Å². The zero-order valence-electron chi connectivity index (χ0n) is 18.3. The van der Waals surface area contributed by atoms with Gasteiger partial charge in [-0.3, -0.25) is 9.36 Å². The van der Waals surface area contributed by atoms with Crippen molar-refractivity contribution in [2.75, 3.05) is 0 Å².